The molecule has 6 nitrogen and oxygen atoms in total. The average molecular weight is 507 g/mol. The van der Waals surface area contributed by atoms with Gasteiger partial charge in [-0.2, -0.15) is 0 Å². The SMILES string of the molecule is O=C(Nc1ccc(-n2ccccc2=O)cc1F)C(NC(=S)Nc1ccc(Cl)cc1)c1ccccc1. The second-order valence-electron chi connectivity index (χ2n) is 7.51. The van der Waals surface area contributed by atoms with Crippen LogP contribution in [0.15, 0.2) is 102 Å². The molecule has 1 atom stereocenters. The van der Waals surface area contributed by atoms with Gasteiger partial charge in [-0.25, -0.2) is 4.39 Å². The summed E-state index contributed by atoms with van der Waals surface area (Å²) in [6.07, 6.45) is 1.54. The van der Waals surface area contributed by atoms with Crippen LogP contribution in [-0.4, -0.2) is 15.6 Å². The Hall–Kier alpha value is -4.01. The first-order valence-electron chi connectivity index (χ1n) is 10.6. The summed E-state index contributed by atoms with van der Waals surface area (Å²) in [7, 11) is 0. The standard InChI is InChI=1S/C26H20ClFN4O2S/c27-18-9-11-19(12-10-18)29-26(35)31-24(17-6-2-1-3-7-17)25(34)30-22-14-13-20(16-21(22)28)32-15-5-4-8-23(32)33/h1-16,24H,(H,30,34)(H2,29,31,35). The number of hydrogen-bond donors (Lipinski definition) is 3. The molecule has 1 amide bonds. The molecule has 0 saturated heterocycles. The van der Waals surface area contributed by atoms with Crippen LogP contribution >= 0.6 is 23.8 Å². The van der Waals surface area contributed by atoms with E-state index in [9.17, 15) is 14.0 Å². The van der Waals surface area contributed by atoms with Crippen LogP contribution < -0.4 is 21.5 Å². The highest BCUT2D eigenvalue weighted by atomic mass is 35.5. The van der Waals surface area contributed by atoms with Crippen LogP contribution in [0.3, 0.4) is 0 Å². The minimum absolute atomic E-state index is 0.0259. The first-order chi connectivity index (χ1) is 16.9. The topological polar surface area (TPSA) is 75.2 Å². The Balaban J connectivity index is 1.53. The summed E-state index contributed by atoms with van der Waals surface area (Å²) >= 11 is 11.3. The molecule has 1 unspecified atom stereocenters. The number of aromatic nitrogens is 1. The number of pyridine rings is 1. The predicted molar refractivity (Wildman–Crippen MR) is 141 cm³/mol. The number of anilines is 2. The van der Waals surface area contributed by atoms with E-state index in [0.29, 0.717) is 22.0 Å². The zero-order chi connectivity index (χ0) is 24.8. The molecule has 0 aliphatic carbocycles. The molecular weight excluding hydrogens is 487 g/mol. The van der Waals surface area contributed by atoms with E-state index in [1.807, 2.05) is 6.07 Å². The lowest BCUT2D eigenvalue weighted by Gasteiger charge is -2.21. The van der Waals surface area contributed by atoms with Crippen molar-refractivity contribution in [1.29, 1.82) is 0 Å². The van der Waals surface area contributed by atoms with Crippen molar-refractivity contribution in [1.82, 2.24) is 9.88 Å². The summed E-state index contributed by atoms with van der Waals surface area (Å²) in [6, 6.07) is 23.8. The lowest BCUT2D eigenvalue weighted by Crippen LogP contribution is -2.39. The smallest absolute Gasteiger partial charge is 0.255 e. The van der Waals surface area contributed by atoms with E-state index in [2.05, 4.69) is 16.0 Å². The van der Waals surface area contributed by atoms with Crippen molar-refractivity contribution in [2.75, 3.05) is 10.6 Å². The number of amides is 1. The summed E-state index contributed by atoms with van der Waals surface area (Å²) < 4.78 is 16.2. The highest BCUT2D eigenvalue weighted by molar-refractivity contribution is 7.80. The van der Waals surface area contributed by atoms with Crippen molar-refractivity contribution in [2.24, 2.45) is 0 Å². The van der Waals surface area contributed by atoms with Gasteiger partial charge in [0, 0.05) is 29.0 Å². The maximum absolute atomic E-state index is 14.9. The van der Waals surface area contributed by atoms with Gasteiger partial charge in [-0.3, -0.25) is 14.2 Å². The highest BCUT2D eigenvalue weighted by Gasteiger charge is 2.23. The van der Waals surface area contributed by atoms with Gasteiger partial charge in [0.2, 0.25) is 0 Å². The third-order valence-corrected chi connectivity index (χ3v) is 5.56. The fourth-order valence-electron chi connectivity index (χ4n) is 3.38. The number of hydrogen-bond acceptors (Lipinski definition) is 3. The molecule has 3 aromatic carbocycles. The van der Waals surface area contributed by atoms with E-state index >= 15 is 0 Å². The molecule has 4 rings (SSSR count). The predicted octanol–water partition coefficient (Wildman–Crippen LogP) is 5.30. The van der Waals surface area contributed by atoms with Gasteiger partial charge in [0.1, 0.15) is 11.9 Å². The Labute approximate surface area is 211 Å². The maximum Gasteiger partial charge on any atom is 0.255 e. The fraction of sp³-hybridized carbons (Fsp3) is 0.0385. The zero-order valence-electron chi connectivity index (χ0n) is 18.2. The number of thiocarbonyl (C=S) groups is 1. The van der Waals surface area contributed by atoms with Crippen LogP contribution in [0.4, 0.5) is 15.8 Å². The summed E-state index contributed by atoms with van der Waals surface area (Å²) in [6.45, 7) is 0. The van der Waals surface area contributed by atoms with Crippen molar-refractivity contribution in [2.45, 2.75) is 6.04 Å². The number of rotatable bonds is 6. The Morgan fingerprint density at radius 2 is 1.63 bits per heavy atom. The molecule has 35 heavy (non-hydrogen) atoms. The van der Waals surface area contributed by atoms with Gasteiger partial charge in [-0.15, -0.1) is 0 Å². The Morgan fingerprint density at radius 1 is 0.914 bits per heavy atom. The van der Waals surface area contributed by atoms with Crippen LogP contribution in [0.1, 0.15) is 11.6 Å². The van der Waals surface area contributed by atoms with E-state index in [1.165, 1.54) is 22.8 Å². The van der Waals surface area contributed by atoms with E-state index in [0.717, 1.165) is 0 Å². The van der Waals surface area contributed by atoms with Crippen LogP contribution in [-0.2, 0) is 4.79 Å². The summed E-state index contributed by atoms with van der Waals surface area (Å²) in [5.74, 6) is -1.19. The second-order valence-corrected chi connectivity index (χ2v) is 8.36. The van der Waals surface area contributed by atoms with Gasteiger partial charge in [-0.1, -0.05) is 48.0 Å². The van der Waals surface area contributed by atoms with Crippen molar-refractivity contribution in [3.05, 3.63) is 124 Å². The molecule has 1 heterocycles. The number of carbonyl (C=O) groups excluding carboxylic acids is 1. The van der Waals surface area contributed by atoms with Crippen LogP contribution in [0.2, 0.25) is 5.02 Å². The number of benzene rings is 3. The average Bonchev–Trinajstić information content (AvgIpc) is 2.86. The molecule has 4 aromatic rings. The molecule has 0 aliphatic heterocycles. The Morgan fingerprint density at radius 3 is 2.31 bits per heavy atom. The van der Waals surface area contributed by atoms with Gasteiger partial charge in [0.05, 0.1) is 11.4 Å². The minimum atomic E-state index is -0.903. The third-order valence-electron chi connectivity index (χ3n) is 5.08. The molecule has 0 bridgehead atoms. The normalized spacial score (nSPS) is 11.4. The zero-order valence-corrected chi connectivity index (χ0v) is 19.8. The molecule has 0 radical (unpaired) electrons. The molecule has 1 aromatic heterocycles. The molecule has 176 valence electrons. The molecule has 9 heteroatoms. The molecular formula is C26H20ClFN4O2S. The number of carbonyl (C=O) groups is 1. The van der Waals surface area contributed by atoms with E-state index in [1.54, 1.807) is 72.9 Å². The number of nitrogens with zero attached hydrogens (tertiary/aromatic N) is 1. The van der Waals surface area contributed by atoms with Crippen molar-refractivity contribution in [3.8, 4) is 5.69 Å². The van der Waals surface area contributed by atoms with Gasteiger partial charge in [-0.05, 0) is 60.2 Å². The minimum Gasteiger partial charge on any atom is -0.347 e. The molecule has 0 saturated carbocycles. The fourth-order valence-corrected chi connectivity index (χ4v) is 3.74. The number of halogens is 2. The van der Waals surface area contributed by atoms with Gasteiger partial charge in [0.25, 0.3) is 11.5 Å². The second kappa shape index (κ2) is 10.9. The monoisotopic (exact) mass is 506 g/mol. The van der Waals surface area contributed by atoms with Crippen molar-refractivity contribution < 1.29 is 9.18 Å². The molecule has 0 spiro atoms. The summed E-state index contributed by atoms with van der Waals surface area (Å²) in [4.78, 5) is 25.2. The first kappa shape index (κ1) is 24.1. The maximum atomic E-state index is 14.9. The quantitative estimate of drug-likeness (QED) is 0.310. The Kier molecular flexibility index (Phi) is 7.54. The highest BCUT2D eigenvalue weighted by Crippen LogP contribution is 2.21. The van der Waals surface area contributed by atoms with Crippen LogP contribution in [0.5, 0.6) is 0 Å². The van der Waals surface area contributed by atoms with E-state index in [-0.39, 0.29) is 16.4 Å². The van der Waals surface area contributed by atoms with Crippen molar-refractivity contribution >= 4 is 46.2 Å². The lowest BCUT2D eigenvalue weighted by atomic mass is 10.1. The molecule has 3 N–H and O–H groups in total. The molecule has 0 aliphatic rings. The van der Waals surface area contributed by atoms with Crippen LogP contribution in [0.25, 0.3) is 5.69 Å². The Bertz CT molecular complexity index is 1410. The van der Waals surface area contributed by atoms with Gasteiger partial charge >= 0.3 is 0 Å². The van der Waals surface area contributed by atoms with E-state index < -0.39 is 17.8 Å². The molecule has 0 fully saturated rings. The van der Waals surface area contributed by atoms with Gasteiger partial charge < -0.3 is 16.0 Å². The summed E-state index contributed by atoms with van der Waals surface area (Å²) in [5, 5.41) is 9.39. The number of nitrogens with one attached hydrogen (secondary N) is 3. The lowest BCUT2D eigenvalue weighted by molar-refractivity contribution is -0.117. The third kappa shape index (κ3) is 6.11. The first-order valence-corrected chi connectivity index (χ1v) is 11.4. The van der Waals surface area contributed by atoms with E-state index in [4.69, 9.17) is 23.8 Å². The summed E-state index contributed by atoms with van der Waals surface area (Å²) in [5.41, 5.74) is 1.35. The largest absolute Gasteiger partial charge is 0.347 e. The van der Waals surface area contributed by atoms with Crippen LogP contribution in [0, 0.1) is 5.82 Å². The van der Waals surface area contributed by atoms with Crippen molar-refractivity contribution in [3.63, 3.8) is 0 Å². The van der Waals surface area contributed by atoms with Gasteiger partial charge in [0.15, 0.2) is 5.11 Å².